The highest BCUT2D eigenvalue weighted by molar-refractivity contribution is 7.90. The molecule has 176 valence electrons. The summed E-state index contributed by atoms with van der Waals surface area (Å²) in [6.07, 6.45) is -3.40. The molecule has 0 aliphatic carbocycles. The van der Waals surface area contributed by atoms with Crippen LogP contribution in [0.15, 0.2) is 42.5 Å². The number of amides is 1. The molecule has 3 N–H and O–H groups in total. The number of halogens is 4. The lowest BCUT2D eigenvalue weighted by Gasteiger charge is -2.18. The molecule has 33 heavy (non-hydrogen) atoms. The molecule has 0 saturated heterocycles. The molecule has 6 nitrogen and oxygen atoms in total. The molecule has 0 fully saturated rings. The molecule has 3 rings (SSSR count). The molecule has 0 bridgehead atoms. The van der Waals surface area contributed by atoms with Crippen molar-refractivity contribution in [2.75, 3.05) is 17.7 Å². The Kier molecular flexibility index (Phi) is 6.64. The second kappa shape index (κ2) is 8.97. The first kappa shape index (κ1) is 24.4. The number of hydrogen-bond acceptors (Lipinski definition) is 5. The van der Waals surface area contributed by atoms with Crippen LogP contribution < -0.4 is 11.1 Å². The average Bonchev–Trinajstić information content (AvgIpc) is 2.70. The molecule has 3 aromatic rings. The number of aryl methyl sites for hydroxylation is 1. The number of pyridine rings is 1. The molecule has 0 saturated carbocycles. The number of sulfone groups is 1. The van der Waals surface area contributed by atoms with Gasteiger partial charge in [0.15, 0.2) is 0 Å². The Morgan fingerprint density at radius 1 is 1.15 bits per heavy atom. The summed E-state index contributed by atoms with van der Waals surface area (Å²) in [5.74, 6) is -1.39. The van der Waals surface area contributed by atoms with Crippen molar-refractivity contribution in [1.29, 1.82) is 0 Å². The first-order valence-electron chi connectivity index (χ1n) is 9.79. The summed E-state index contributed by atoms with van der Waals surface area (Å²) in [7, 11) is -3.25. The number of rotatable bonds is 6. The first-order chi connectivity index (χ1) is 15.2. The van der Waals surface area contributed by atoms with Gasteiger partial charge < -0.3 is 11.1 Å². The molecule has 0 aliphatic rings. The van der Waals surface area contributed by atoms with Crippen LogP contribution in [0.25, 0.3) is 10.9 Å². The zero-order chi connectivity index (χ0) is 24.6. The van der Waals surface area contributed by atoms with E-state index >= 15 is 0 Å². The van der Waals surface area contributed by atoms with Crippen molar-refractivity contribution < 1.29 is 30.8 Å². The summed E-state index contributed by atoms with van der Waals surface area (Å²) in [6.45, 7) is 1.55. The number of fused-ring (bicyclic) bond motifs is 1. The van der Waals surface area contributed by atoms with Crippen LogP contribution in [-0.4, -0.2) is 31.3 Å². The van der Waals surface area contributed by atoms with Crippen LogP contribution in [0.5, 0.6) is 0 Å². The van der Waals surface area contributed by atoms with Crippen molar-refractivity contribution in [2.45, 2.75) is 25.6 Å². The molecule has 2 aromatic carbocycles. The summed E-state index contributed by atoms with van der Waals surface area (Å²) in [6, 6.07) is 7.77. The lowest BCUT2D eigenvalue weighted by atomic mass is 10.0. The fourth-order valence-electron chi connectivity index (χ4n) is 3.28. The summed E-state index contributed by atoms with van der Waals surface area (Å²) < 4.78 is 75.8. The van der Waals surface area contributed by atoms with Crippen molar-refractivity contribution in [1.82, 2.24) is 10.3 Å². The van der Waals surface area contributed by atoms with E-state index in [9.17, 15) is 30.8 Å². The fraction of sp³-hybridized carbons (Fsp3) is 0.273. The maximum Gasteiger partial charge on any atom is 0.433 e. The van der Waals surface area contributed by atoms with Crippen LogP contribution in [0.1, 0.15) is 40.1 Å². The Morgan fingerprint density at radius 3 is 2.48 bits per heavy atom. The van der Waals surface area contributed by atoms with Crippen molar-refractivity contribution in [3.05, 3.63) is 70.7 Å². The number of anilines is 1. The quantitative estimate of drug-likeness (QED) is 0.407. The summed E-state index contributed by atoms with van der Waals surface area (Å²) in [4.78, 5) is 16.2. The van der Waals surface area contributed by atoms with Gasteiger partial charge in [-0.05, 0) is 55.3 Å². The highest BCUT2D eigenvalue weighted by Gasteiger charge is 2.32. The SMILES string of the molecule is C[C@H](NC(=O)c1ccc2nc(C(F)(F)F)ccc2c1)c1cc(CCS(C)(=O)=O)c(N)cc1F. The first-order valence-corrected chi connectivity index (χ1v) is 11.8. The number of aromatic nitrogens is 1. The molecule has 0 spiro atoms. The maximum absolute atomic E-state index is 14.5. The minimum absolute atomic E-state index is 0.0783. The molecule has 1 atom stereocenters. The van der Waals surface area contributed by atoms with Crippen LogP contribution in [0.4, 0.5) is 23.2 Å². The van der Waals surface area contributed by atoms with Crippen molar-refractivity contribution in [3.8, 4) is 0 Å². The van der Waals surface area contributed by atoms with Gasteiger partial charge in [-0.3, -0.25) is 4.79 Å². The Labute approximate surface area is 187 Å². The number of nitrogens with one attached hydrogen (secondary N) is 1. The van der Waals surface area contributed by atoms with E-state index < -0.39 is 39.5 Å². The summed E-state index contributed by atoms with van der Waals surface area (Å²) in [5, 5.41) is 2.97. The van der Waals surface area contributed by atoms with Gasteiger partial charge >= 0.3 is 6.18 Å². The molecule has 11 heteroatoms. The Morgan fingerprint density at radius 2 is 1.85 bits per heavy atom. The topological polar surface area (TPSA) is 102 Å². The van der Waals surface area contributed by atoms with Gasteiger partial charge in [-0.15, -0.1) is 0 Å². The van der Waals surface area contributed by atoms with E-state index in [1.807, 2.05) is 0 Å². The van der Waals surface area contributed by atoms with Gasteiger partial charge in [-0.2, -0.15) is 13.2 Å². The molecular weight excluding hydrogens is 462 g/mol. The second-order valence-corrected chi connectivity index (χ2v) is 10.0. The van der Waals surface area contributed by atoms with Crippen molar-refractivity contribution >= 4 is 32.3 Å². The number of benzene rings is 2. The van der Waals surface area contributed by atoms with Crippen LogP contribution in [0.3, 0.4) is 0 Å². The van der Waals surface area contributed by atoms with Crippen molar-refractivity contribution in [2.24, 2.45) is 0 Å². The molecule has 0 unspecified atom stereocenters. The van der Waals surface area contributed by atoms with Gasteiger partial charge in [0.2, 0.25) is 0 Å². The minimum atomic E-state index is -4.58. The molecule has 1 aromatic heterocycles. The lowest BCUT2D eigenvalue weighted by molar-refractivity contribution is -0.140. The average molecular weight is 483 g/mol. The fourth-order valence-corrected chi connectivity index (χ4v) is 3.87. The number of carbonyl (C=O) groups excluding carboxylic acids is 1. The zero-order valence-electron chi connectivity index (χ0n) is 17.7. The van der Waals surface area contributed by atoms with Gasteiger partial charge in [-0.1, -0.05) is 6.07 Å². The summed E-state index contributed by atoms with van der Waals surface area (Å²) in [5.41, 5.74) is 5.68. The molecule has 1 amide bonds. The predicted octanol–water partition coefficient (Wildman–Crippen LogP) is 4.05. The van der Waals surface area contributed by atoms with E-state index in [-0.39, 0.29) is 34.5 Å². The van der Waals surface area contributed by atoms with E-state index in [2.05, 4.69) is 10.3 Å². The van der Waals surface area contributed by atoms with Gasteiger partial charge in [-0.25, -0.2) is 17.8 Å². The number of nitrogens with two attached hydrogens (primary N) is 1. The Hall–Kier alpha value is -3.21. The Bertz CT molecular complexity index is 1320. The van der Waals surface area contributed by atoms with Crippen LogP contribution in [0, 0.1) is 5.82 Å². The van der Waals surface area contributed by atoms with Crippen LogP contribution in [0.2, 0.25) is 0 Å². The van der Waals surface area contributed by atoms with Gasteiger partial charge in [0.25, 0.3) is 5.91 Å². The van der Waals surface area contributed by atoms with Gasteiger partial charge in [0.1, 0.15) is 21.3 Å². The third kappa shape index (κ3) is 5.98. The highest BCUT2D eigenvalue weighted by Crippen LogP contribution is 2.29. The molecule has 0 aliphatic heterocycles. The number of hydrogen-bond donors (Lipinski definition) is 2. The van der Waals surface area contributed by atoms with Gasteiger partial charge in [0, 0.05) is 28.5 Å². The van der Waals surface area contributed by atoms with E-state index in [1.165, 1.54) is 30.3 Å². The Balaban J connectivity index is 1.81. The molecule has 1 heterocycles. The highest BCUT2D eigenvalue weighted by atomic mass is 32.2. The van der Waals surface area contributed by atoms with Crippen molar-refractivity contribution in [3.63, 3.8) is 0 Å². The maximum atomic E-state index is 14.5. The van der Waals surface area contributed by atoms with Crippen LogP contribution >= 0.6 is 0 Å². The number of nitrogens with zero attached hydrogens (tertiary/aromatic N) is 1. The molecular formula is C22H21F4N3O3S. The normalized spacial score (nSPS) is 13.2. The number of carbonyl (C=O) groups is 1. The smallest absolute Gasteiger partial charge is 0.398 e. The van der Waals surface area contributed by atoms with E-state index in [0.29, 0.717) is 10.9 Å². The third-order valence-corrected chi connectivity index (χ3v) is 6.00. The minimum Gasteiger partial charge on any atom is -0.398 e. The second-order valence-electron chi connectivity index (χ2n) is 7.75. The van der Waals surface area contributed by atoms with E-state index in [1.54, 1.807) is 6.92 Å². The number of nitrogen functional groups attached to an aromatic ring is 1. The third-order valence-electron chi connectivity index (χ3n) is 5.06. The number of alkyl halides is 3. The van der Waals surface area contributed by atoms with Gasteiger partial charge in [0.05, 0.1) is 17.3 Å². The zero-order valence-corrected chi connectivity index (χ0v) is 18.5. The largest absolute Gasteiger partial charge is 0.433 e. The van der Waals surface area contributed by atoms with E-state index in [4.69, 9.17) is 5.73 Å². The van der Waals surface area contributed by atoms with Crippen LogP contribution in [-0.2, 0) is 22.4 Å². The standard InChI is InChI=1S/C22H21F4N3O3S/c1-12(16-10-13(7-8-33(2,31)32)18(27)11-17(16)23)28-21(30)15-3-5-19-14(9-15)4-6-20(29-19)22(24,25)26/h3-6,9-12H,7-8,27H2,1-2H3,(H,28,30)/t12-/m0/s1. The summed E-state index contributed by atoms with van der Waals surface area (Å²) >= 11 is 0. The lowest BCUT2D eigenvalue weighted by Crippen LogP contribution is -2.27. The predicted molar refractivity (Wildman–Crippen MR) is 117 cm³/mol. The monoisotopic (exact) mass is 483 g/mol. The van der Waals surface area contributed by atoms with E-state index in [0.717, 1.165) is 18.4 Å². The molecule has 0 radical (unpaired) electrons.